The number of rotatable bonds is 8. The Hall–Kier alpha value is -1.66. The number of nitrogens with zero attached hydrogens (tertiary/aromatic N) is 2. The van der Waals surface area contributed by atoms with Gasteiger partial charge >= 0.3 is 0 Å². The van der Waals surface area contributed by atoms with Gasteiger partial charge in [0.05, 0.1) is 6.54 Å². The molecule has 1 saturated heterocycles. The lowest BCUT2D eigenvalue weighted by Gasteiger charge is -2.32. The number of piperidine rings is 1. The van der Waals surface area contributed by atoms with E-state index in [9.17, 15) is 9.18 Å². The Kier molecular flexibility index (Phi) is 6.26. The smallest absolute Gasteiger partial charge is 0.234 e. The monoisotopic (exact) mass is 349 g/mol. The predicted molar refractivity (Wildman–Crippen MR) is 95.2 cm³/mol. The highest BCUT2D eigenvalue weighted by Crippen LogP contribution is 2.29. The molecule has 0 aromatic heterocycles. The van der Waals surface area contributed by atoms with Crippen LogP contribution in [0.4, 0.5) is 4.39 Å². The zero-order valence-electron chi connectivity index (χ0n) is 14.9. The summed E-state index contributed by atoms with van der Waals surface area (Å²) in [5.41, 5.74) is 0. The van der Waals surface area contributed by atoms with Crippen LogP contribution in [-0.2, 0) is 4.79 Å². The van der Waals surface area contributed by atoms with Gasteiger partial charge in [-0.15, -0.1) is 0 Å². The maximum absolute atomic E-state index is 12.8. The quantitative estimate of drug-likeness (QED) is 0.778. The van der Waals surface area contributed by atoms with Gasteiger partial charge < -0.3 is 15.0 Å². The second-order valence-corrected chi connectivity index (χ2v) is 7.15. The lowest BCUT2D eigenvalue weighted by Crippen LogP contribution is -2.47. The van der Waals surface area contributed by atoms with Gasteiger partial charge in [0.15, 0.2) is 0 Å². The van der Waals surface area contributed by atoms with Gasteiger partial charge in [0.1, 0.15) is 18.2 Å². The fraction of sp³-hybridized carbons (Fsp3) is 0.632. The minimum absolute atomic E-state index is 0.0779. The van der Waals surface area contributed by atoms with Gasteiger partial charge in [0, 0.05) is 31.7 Å². The molecular formula is C19H28FN3O2. The summed E-state index contributed by atoms with van der Waals surface area (Å²) < 4.78 is 18.4. The van der Waals surface area contributed by atoms with Crippen molar-refractivity contribution in [3.05, 3.63) is 30.1 Å². The number of carbonyl (C=O) groups excluding carboxylic acids is 1. The number of amides is 1. The Bertz CT molecular complexity index is 554. The molecule has 0 atom stereocenters. The van der Waals surface area contributed by atoms with Crippen molar-refractivity contribution < 1.29 is 13.9 Å². The van der Waals surface area contributed by atoms with Gasteiger partial charge in [-0.3, -0.25) is 9.69 Å². The molecule has 1 aliphatic carbocycles. The molecule has 1 aromatic rings. The molecule has 0 radical (unpaired) electrons. The van der Waals surface area contributed by atoms with Crippen molar-refractivity contribution in [2.45, 2.75) is 37.8 Å². The number of hydrogen-bond acceptors (Lipinski definition) is 4. The van der Waals surface area contributed by atoms with E-state index in [-0.39, 0.29) is 11.7 Å². The van der Waals surface area contributed by atoms with Crippen molar-refractivity contribution in [1.29, 1.82) is 0 Å². The highest BCUT2D eigenvalue weighted by Gasteiger charge is 2.32. The SMILES string of the molecule is CN(CCOc1ccc(F)cc1)CC(=O)NC1CCN(C2CC2)CC1. The first kappa shape index (κ1) is 18.1. The Morgan fingerprint density at radius 3 is 2.56 bits per heavy atom. The van der Waals surface area contributed by atoms with Crippen LogP contribution in [0.5, 0.6) is 5.75 Å². The van der Waals surface area contributed by atoms with Crippen molar-refractivity contribution in [3.8, 4) is 5.75 Å². The molecule has 6 heteroatoms. The molecule has 2 aliphatic rings. The fourth-order valence-electron chi connectivity index (χ4n) is 3.30. The maximum Gasteiger partial charge on any atom is 0.234 e. The van der Waals surface area contributed by atoms with Gasteiger partial charge in [-0.05, 0) is 57.0 Å². The third kappa shape index (κ3) is 5.97. The molecular weight excluding hydrogens is 321 g/mol. The van der Waals surface area contributed by atoms with Gasteiger partial charge in [-0.1, -0.05) is 0 Å². The highest BCUT2D eigenvalue weighted by atomic mass is 19.1. The number of likely N-dealkylation sites (N-methyl/N-ethyl adjacent to an activating group) is 1. The second-order valence-electron chi connectivity index (χ2n) is 7.15. The summed E-state index contributed by atoms with van der Waals surface area (Å²) in [6.07, 6.45) is 4.81. The summed E-state index contributed by atoms with van der Waals surface area (Å²) >= 11 is 0. The molecule has 1 N–H and O–H groups in total. The fourth-order valence-corrected chi connectivity index (χ4v) is 3.30. The first-order chi connectivity index (χ1) is 12.1. The zero-order valence-corrected chi connectivity index (χ0v) is 14.9. The highest BCUT2D eigenvalue weighted by molar-refractivity contribution is 5.78. The molecule has 0 spiro atoms. The van der Waals surface area contributed by atoms with Crippen molar-refractivity contribution in [2.75, 3.05) is 39.8 Å². The minimum Gasteiger partial charge on any atom is -0.492 e. The predicted octanol–water partition coefficient (Wildman–Crippen LogP) is 1.88. The number of halogens is 1. The number of nitrogens with one attached hydrogen (secondary N) is 1. The third-order valence-corrected chi connectivity index (χ3v) is 4.93. The van der Waals surface area contributed by atoms with Crippen LogP contribution >= 0.6 is 0 Å². The summed E-state index contributed by atoms with van der Waals surface area (Å²) in [7, 11) is 1.91. The molecule has 3 rings (SSSR count). The lowest BCUT2D eigenvalue weighted by molar-refractivity contribution is -0.123. The largest absolute Gasteiger partial charge is 0.492 e. The molecule has 1 heterocycles. The molecule has 0 unspecified atom stereocenters. The first-order valence-electron chi connectivity index (χ1n) is 9.20. The Labute approximate surface area is 149 Å². The number of benzene rings is 1. The lowest BCUT2D eigenvalue weighted by atomic mass is 10.0. The van der Waals surface area contributed by atoms with Crippen LogP contribution in [0.25, 0.3) is 0 Å². The summed E-state index contributed by atoms with van der Waals surface area (Å²) in [4.78, 5) is 16.7. The molecule has 5 nitrogen and oxygen atoms in total. The maximum atomic E-state index is 12.8. The van der Waals surface area contributed by atoms with E-state index in [1.807, 2.05) is 11.9 Å². The van der Waals surface area contributed by atoms with Gasteiger partial charge in [0.25, 0.3) is 0 Å². The van der Waals surface area contributed by atoms with Crippen molar-refractivity contribution >= 4 is 5.91 Å². The number of carbonyl (C=O) groups is 1. The standard InChI is InChI=1S/C19H28FN3O2/c1-22(12-13-25-18-6-2-15(20)3-7-18)14-19(24)21-16-8-10-23(11-9-16)17-4-5-17/h2-3,6-7,16-17H,4-5,8-14H2,1H3,(H,21,24). The van der Waals surface area contributed by atoms with Crippen LogP contribution in [0.2, 0.25) is 0 Å². The Morgan fingerprint density at radius 2 is 1.92 bits per heavy atom. The molecule has 1 amide bonds. The van der Waals surface area contributed by atoms with Crippen LogP contribution in [0.1, 0.15) is 25.7 Å². The normalized spacial score (nSPS) is 19.2. The van der Waals surface area contributed by atoms with E-state index in [1.54, 1.807) is 12.1 Å². The number of hydrogen-bond donors (Lipinski definition) is 1. The van der Waals surface area contributed by atoms with Gasteiger partial charge in [-0.2, -0.15) is 0 Å². The first-order valence-corrected chi connectivity index (χ1v) is 9.20. The molecule has 25 heavy (non-hydrogen) atoms. The summed E-state index contributed by atoms with van der Waals surface area (Å²) in [5.74, 6) is 0.444. The van der Waals surface area contributed by atoms with Crippen molar-refractivity contribution in [2.24, 2.45) is 0 Å². The molecule has 1 aromatic carbocycles. The van der Waals surface area contributed by atoms with Crippen molar-refractivity contribution in [3.63, 3.8) is 0 Å². The van der Waals surface area contributed by atoms with Crippen LogP contribution in [0, 0.1) is 5.82 Å². The Morgan fingerprint density at radius 1 is 1.24 bits per heavy atom. The second kappa shape index (κ2) is 8.63. The Balaban J connectivity index is 1.28. The van der Waals surface area contributed by atoms with Crippen LogP contribution < -0.4 is 10.1 Å². The summed E-state index contributed by atoms with van der Waals surface area (Å²) in [5, 5.41) is 3.15. The average Bonchev–Trinajstić information content (AvgIpc) is 3.42. The van der Waals surface area contributed by atoms with Crippen LogP contribution in [0.3, 0.4) is 0 Å². The summed E-state index contributed by atoms with van der Waals surface area (Å²) in [6.45, 7) is 3.70. The van der Waals surface area contributed by atoms with E-state index >= 15 is 0 Å². The van der Waals surface area contributed by atoms with E-state index in [4.69, 9.17) is 4.74 Å². The number of likely N-dealkylation sites (tertiary alicyclic amines) is 1. The third-order valence-electron chi connectivity index (χ3n) is 4.93. The van der Waals surface area contributed by atoms with Crippen LogP contribution in [-0.4, -0.2) is 67.6 Å². The summed E-state index contributed by atoms with van der Waals surface area (Å²) in [6, 6.07) is 7.10. The van der Waals surface area contributed by atoms with E-state index in [1.165, 1.54) is 25.0 Å². The van der Waals surface area contributed by atoms with E-state index in [0.29, 0.717) is 31.5 Å². The molecule has 0 bridgehead atoms. The molecule has 1 aliphatic heterocycles. The average molecular weight is 349 g/mol. The van der Waals surface area contributed by atoms with Crippen LogP contribution in [0.15, 0.2) is 24.3 Å². The molecule has 138 valence electrons. The topological polar surface area (TPSA) is 44.8 Å². The minimum atomic E-state index is -0.274. The van der Waals surface area contributed by atoms with E-state index < -0.39 is 0 Å². The number of ether oxygens (including phenoxy) is 1. The molecule has 1 saturated carbocycles. The zero-order chi connectivity index (χ0) is 17.6. The van der Waals surface area contributed by atoms with E-state index in [0.717, 1.165) is 32.0 Å². The van der Waals surface area contributed by atoms with Gasteiger partial charge in [0.2, 0.25) is 5.91 Å². The molecule has 2 fully saturated rings. The van der Waals surface area contributed by atoms with Gasteiger partial charge in [-0.25, -0.2) is 4.39 Å². The van der Waals surface area contributed by atoms with E-state index in [2.05, 4.69) is 10.2 Å². The van der Waals surface area contributed by atoms with Crippen molar-refractivity contribution in [1.82, 2.24) is 15.1 Å².